The Hall–Kier alpha value is -1.84. The van der Waals surface area contributed by atoms with E-state index >= 15 is 0 Å². The van der Waals surface area contributed by atoms with Crippen molar-refractivity contribution in [1.29, 1.82) is 0 Å². The predicted octanol–water partition coefficient (Wildman–Crippen LogP) is 3.11. The first kappa shape index (κ1) is 17.2. The minimum Gasteiger partial charge on any atom is -0.492 e. The summed E-state index contributed by atoms with van der Waals surface area (Å²) in [6, 6.07) is 9.55. The maximum absolute atomic E-state index is 11.6. The van der Waals surface area contributed by atoms with Crippen molar-refractivity contribution in [3.63, 3.8) is 0 Å². The molecular formula is C17H25NO3. The van der Waals surface area contributed by atoms with E-state index in [2.05, 4.69) is 5.32 Å². The van der Waals surface area contributed by atoms with Crippen LogP contribution in [0.25, 0.3) is 0 Å². The number of nitrogens with one attached hydrogen (secondary N) is 1. The average molecular weight is 291 g/mol. The summed E-state index contributed by atoms with van der Waals surface area (Å²) < 4.78 is 5.49. The third-order valence-electron chi connectivity index (χ3n) is 3.12. The van der Waals surface area contributed by atoms with Crippen LogP contribution in [0.2, 0.25) is 0 Å². The van der Waals surface area contributed by atoms with Crippen LogP contribution >= 0.6 is 0 Å². The Kier molecular flexibility index (Phi) is 8.93. The number of hydrogen-bond acceptors (Lipinski definition) is 3. The largest absolute Gasteiger partial charge is 0.492 e. The number of Topliss-reactive ketones (excluding diaryl/α,β-unsaturated/α-hetero) is 1. The van der Waals surface area contributed by atoms with Gasteiger partial charge >= 0.3 is 0 Å². The summed E-state index contributed by atoms with van der Waals surface area (Å²) in [5, 5.41) is 2.84. The lowest BCUT2D eigenvalue weighted by molar-refractivity contribution is -0.121. The van der Waals surface area contributed by atoms with E-state index in [1.54, 1.807) is 6.92 Å². The maximum Gasteiger partial charge on any atom is 0.220 e. The second-order valence-electron chi connectivity index (χ2n) is 5.13. The molecule has 116 valence electrons. The summed E-state index contributed by atoms with van der Waals surface area (Å²) >= 11 is 0. The minimum atomic E-state index is 0.0678. The van der Waals surface area contributed by atoms with Crippen LogP contribution in [0.4, 0.5) is 0 Å². The topological polar surface area (TPSA) is 55.4 Å². The molecule has 0 aliphatic rings. The smallest absolute Gasteiger partial charge is 0.220 e. The number of carbonyl (C=O) groups excluding carboxylic acids is 2. The number of ether oxygens (including phenoxy) is 1. The molecule has 0 saturated carbocycles. The third-order valence-corrected chi connectivity index (χ3v) is 3.12. The summed E-state index contributed by atoms with van der Waals surface area (Å²) in [6.45, 7) is 2.62. The number of carbonyl (C=O) groups is 2. The van der Waals surface area contributed by atoms with E-state index in [1.165, 1.54) is 0 Å². The molecule has 0 spiro atoms. The van der Waals surface area contributed by atoms with E-state index in [0.29, 0.717) is 26.0 Å². The van der Waals surface area contributed by atoms with Crippen molar-refractivity contribution in [2.45, 2.75) is 45.4 Å². The first-order chi connectivity index (χ1) is 10.2. The number of unbranched alkanes of at least 4 members (excludes halogenated alkanes) is 3. The van der Waals surface area contributed by atoms with Crippen LogP contribution in [-0.4, -0.2) is 24.8 Å². The highest BCUT2D eigenvalue weighted by molar-refractivity contribution is 5.76. The van der Waals surface area contributed by atoms with Crippen LogP contribution in [0.5, 0.6) is 5.75 Å². The van der Waals surface area contributed by atoms with Crippen LogP contribution in [-0.2, 0) is 9.59 Å². The number of rotatable bonds is 11. The van der Waals surface area contributed by atoms with Gasteiger partial charge in [0.1, 0.15) is 18.1 Å². The maximum atomic E-state index is 11.6. The predicted molar refractivity (Wildman–Crippen MR) is 83.3 cm³/mol. The highest BCUT2D eigenvalue weighted by Gasteiger charge is 2.01. The molecule has 0 unspecified atom stereocenters. The Balaban J connectivity index is 1.93. The lowest BCUT2D eigenvalue weighted by Crippen LogP contribution is -2.27. The molecule has 0 heterocycles. The van der Waals surface area contributed by atoms with Gasteiger partial charge in [-0.25, -0.2) is 0 Å². The average Bonchev–Trinajstić information content (AvgIpc) is 2.48. The number of ketones is 1. The monoisotopic (exact) mass is 291 g/mol. The van der Waals surface area contributed by atoms with Gasteiger partial charge in [-0.1, -0.05) is 31.0 Å². The van der Waals surface area contributed by atoms with Crippen LogP contribution in [0.1, 0.15) is 45.4 Å². The van der Waals surface area contributed by atoms with Crippen molar-refractivity contribution in [3.05, 3.63) is 30.3 Å². The molecule has 4 nitrogen and oxygen atoms in total. The number of para-hydroxylation sites is 1. The van der Waals surface area contributed by atoms with Gasteiger partial charge in [0.2, 0.25) is 5.91 Å². The fourth-order valence-electron chi connectivity index (χ4n) is 1.98. The van der Waals surface area contributed by atoms with Gasteiger partial charge in [-0.15, -0.1) is 0 Å². The van der Waals surface area contributed by atoms with Gasteiger partial charge < -0.3 is 14.8 Å². The highest BCUT2D eigenvalue weighted by atomic mass is 16.5. The molecule has 0 aliphatic carbocycles. The van der Waals surface area contributed by atoms with E-state index < -0.39 is 0 Å². The molecule has 0 saturated heterocycles. The van der Waals surface area contributed by atoms with Crippen molar-refractivity contribution >= 4 is 11.7 Å². The van der Waals surface area contributed by atoms with Gasteiger partial charge in [0.05, 0.1) is 6.54 Å². The Labute approximate surface area is 126 Å². The minimum absolute atomic E-state index is 0.0678. The first-order valence-electron chi connectivity index (χ1n) is 7.62. The van der Waals surface area contributed by atoms with Gasteiger partial charge in [0, 0.05) is 12.8 Å². The number of benzene rings is 1. The molecule has 0 aromatic heterocycles. The zero-order valence-corrected chi connectivity index (χ0v) is 12.8. The van der Waals surface area contributed by atoms with E-state index in [1.807, 2.05) is 30.3 Å². The van der Waals surface area contributed by atoms with Crippen molar-refractivity contribution in [1.82, 2.24) is 5.32 Å². The van der Waals surface area contributed by atoms with E-state index in [-0.39, 0.29) is 11.7 Å². The van der Waals surface area contributed by atoms with Crippen LogP contribution in [0.3, 0.4) is 0 Å². The molecule has 0 aliphatic heterocycles. The molecule has 4 heteroatoms. The van der Waals surface area contributed by atoms with Gasteiger partial charge in [0.15, 0.2) is 0 Å². The Morgan fingerprint density at radius 1 is 1.00 bits per heavy atom. The Morgan fingerprint density at radius 3 is 2.33 bits per heavy atom. The molecule has 1 N–H and O–H groups in total. The summed E-state index contributed by atoms with van der Waals surface area (Å²) in [5.41, 5.74) is 0. The quantitative estimate of drug-likeness (QED) is 0.637. The van der Waals surface area contributed by atoms with Crippen LogP contribution < -0.4 is 10.1 Å². The van der Waals surface area contributed by atoms with E-state index in [9.17, 15) is 9.59 Å². The Bertz CT molecular complexity index is 417. The summed E-state index contributed by atoms with van der Waals surface area (Å²) in [6.07, 6.45) is 5.03. The molecule has 0 bridgehead atoms. The number of amides is 1. The highest BCUT2D eigenvalue weighted by Crippen LogP contribution is 2.07. The fourth-order valence-corrected chi connectivity index (χ4v) is 1.98. The van der Waals surface area contributed by atoms with Gasteiger partial charge in [-0.05, 0) is 31.9 Å². The standard InChI is InChI=1S/C17H25NO3/c1-15(19)9-5-2-3-8-12-17(20)18-13-14-21-16-10-6-4-7-11-16/h4,6-7,10-11H,2-3,5,8-9,12-14H2,1H3,(H,18,20). The Morgan fingerprint density at radius 2 is 1.67 bits per heavy atom. The zero-order valence-electron chi connectivity index (χ0n) is 12.8. The van der Waals surface area contributed by atoms with Gasteiger partial charge in [-0.2, -0.15) is 0 Å². The number of hydrogen-bond donors (Lipinski definition) is 1. The molecule has 21 heavy (non-hydrogen) atoms. The second-order valence-corrected chi connectivity index (χ2v) is 5.13. The van der Waals surface area contributed by atoms with Crippen LogP contribution in [0, 0.1) is 0 Å². The van der Waals surface area contributed by atoms with Crippen molar-refractivity contribution in [2.75, 3.05) is 13.2 Å². The lowest BCUT2D eigenvalue weighted by Gasteiger charge is -2.07. The van der Waals surface area contributed by atoms with Crippen molar-refractivity contribution in [3.8, 4) is 5.75 Å². The third kappa shape index (κ3) is 9.66. The molecule has 0 atom stereocenters. The second kappa shape index (κ2) is 10.9. The molecule has 1 aromatic rings. The van der Waals surface area contributed by atoms with E-state index in [4.69, 9.17) is 4.74 Å². The molecule has 1 amide bonds. The van der Waals surface area contributed by atoms with Gasteiger partial charge in [0.25, 0.3) is 0 Å². The molecular weight excluding hydrogens is 266 g/mol. The SMILES string of the molecule is CC(=O)CCCCCCC(=O)NCCOc1ccccc1. The summed E-state index contributed by atoms with van der Waals surface area (Å²) in [7, 11) is 0. The van der Waals surface area contributed by atoms with E-state index in [0.717, 1.165) is 31.4 Å². The molecule has 1 aromatic carbocycles. The fraction of sp³-hybridized carbons (Fsp3) is 0.529. The first-order valence-corrected chi connectivity index (χ1v) is 7.62. The molecule has 1 rings (SSSR count). The van der Waals surface area contributed by atoms with Crippen molar-refractivity contribution in [2.24, 2.45) is 0 Å². The molecule has 0 fully saturated rings. The normalized spacial score (nSPS) is 10.1. The lowest BCUT2D eigenvalue weighted by atomic mass is 10.1. The van der Waals surface area contributed by atoms with Crippen LogP contribution in [0.15, 0.2) is 30.3 Å². The van der Waals surface area contributed by atoms with Crippen molar-refractivity contribution < 1.29 is 14.3 Å². The molecule has 0 radical (unpaired) electrons. The summed E-state index contributed by atoms with van der Waals surface area (Å²) in [5.74, 6) is 1.13. The van der Waals surface area contributed by atoms with Gasteiger partial charge in [-0.3, -0.25) is 4.79 Å². The summed E-state index contributed by atoms with van der Waals surface area (Å²) in [4.78, 5) is 22.3. The zero-order chi connectivity index (χ0) is 15.3.